The molecule has 3 aromatic rings. The fourth-order valence-corrected chi connectivity index (χ4v) is 3.38. The number of hydrogen-bond acceptors (Lipinski definition) is 5. The molecule has 1 N–H and O–H groups in total. The van der Waals surface area contributed by atoms with Crippen LogP contribution in [0.2, 0.25) is 0 Å². The lowest BCUT2D eigenvalue weighted by atomic mass is 10.1. The minimum absolute atomic E-state index is 0.136. The fraction of sp³-hybridized carbons (Fsp3) is 0.158. The van der Waals surface area contributed by atoms with Crippen LogP contribution in [-0.2, 0) is 16.6 Å². The van der Waals surface area contributed by atoms with Crippen LogP contribution in [0.4, 0.5) is 0 Å². The van der Waals surface area contributed by atoms with Gasteiger partial charge >= 0.3 is 0 Å². The van der Waals surface area contributed by atoms with Crippen molar-refractivity contribution in [3.63, 3.8) is 0 Å². The number of rotatable bonds is 6. The molecule has 2 heterocycles. The molecular formula is C19H19N3O4S. The number of carbonyl (C=O) groups excluding carboxylic acids is 1. The molecule has 0 fully saturated rings. The van der Waals surface area contributed by atoms with Gasteiger partial charge in [-0.2, -0.15) is 0 Å². The molecule has 7 nitrogen and oxygen atoms in total. The van der Waals surface area contributed by atoms with Crippen LogP contribution in [0.5, 0.6) is 0 Å². The highest BCUT2D eigenvalue weighted by molar-refractivity contribution is 7.89. The largest absolute Gasteiger partial charge is 0.463 e. The van der Waals surface area contributed by atoms with E-state index in [9.17, 15) is 13.2 Å². The van der Waals surface area contributed by atoms with E-state index in [0.29, 0.717) is 17.0 Å². The summed E-state index contributed by atoms with van der Waals surface area (Å²) in [6, 6.07) is 13.0. The molecule has 0 aliphatic carbocycles. The first-order valence-corrected chi connectivity index (χ1v) is 9.62. The molecule has 0 aliphatic rings. The van der Waals surface area contributed by atoms with Crippen LogP contribution in [0.15, 0.2) is 70.3 Å². The molecule has 27 heavy (non-hydrogen) atoms. The van der Waals surface area contributed by atoms with E-state index in [-0.39, 0.29) is 17.3 Å². The average molecular weight is 385 g/mol. The monoisotopic (exact) mass is 385 g/mol. The highest BCUT2D eigenvalue weighted by Gasteiger charge is 2.17. The predicted octanol–water partition coefficient (Wildman–Crippen LogP) is 2.52. The Balaban J connectivity index is 1.72. The normalized spacial score (nSPS) is 11.5. The van der Waals surface area contributed by atoms with Crippen molar-refractivity contribution in [2.24, 2.45) is 0 Å². The van der Waals surface area contributed by atoms with Crippen LogP contribution >= 0.6 is 0 Å². The van der Waals surface area contributed by atoms with Crippen molar-refractivity contribution in [3.8, 4) is 11.5 Å². The molecule has 0 saturated carbocycles. The predicted molar refractivity (Wildman–Crippen MR) is 100 cm³/mol. The third-order valence-corrected chi connectivity index (χ3v) is 5.81. The maximum absolute atomic E-state index is 12.4. The van der Waals surface area contributed by atoms with Crippen LogP contribution in [0.3, 0.4) is 0 Å². The van der Waals surface area contributed by atoms with Crippen molar-refractivity contribution in [1.82, 2.24) is 14.6 Å². The molecule has 0 unspecified atom stereocenters. The summed E-state index contributed by atoms with van der Waals surface area (Å²) in [6.07, 6.45) is 3.22. The van der Waals surface area contributed by atoms with Crippen molar-refractivity contribution in [2.75, 3.05) is 14.1 Å². The summed E-state index contributed by atoms with van der Waals surface area (Å²) in [5, 5.41) is 2.82. The second-order valence-corrected chi connectivity index (χ2v) is 8.13. The van der Waals surface area contributed by atoms with Crippen molar-refractivity contribution < 1.29 is 17.6 Å². The maximum Gasteiger partial charge on any atom is 0.251 e. The number of aromatic nitrogens is 1. The number of pyridine rings is 1. The van der Waals surface area contributed by atoms with Gasteiger partial charge in [0.15, 0.2) is 5.76 Å². The number of nitrogens with zero attached hydrogens (tertiary/aromatic N) is 2. The summed E-state index contributed by atoms with van der Waals surface area (Å²) >= 11 is 0. The van der Waals surface area contributed by atoms with Crippen LogP contribution in [0.1, 0.15) is 15.9 Å². The van der Waals surface area contributed by atoms with Gasteiger partial charge in [0.2, 0.25) is 10.0 Å². The SMILES string of the molecule is CN(C)S(=O)(=O)c1ccc(C(=O)NCc2cccnc2-c2ccco2)cc1. The Hall–Kier alpha value is -2.97. The Bertz CT molecular complexity index is 1030. The molecule has 0 atom stereocenters. The molecule has 3 rings (SSSR count). The molecule has 1 amide bonds. The van der Waals surface area contributed by atoms with Gasteiger partial charge < -0.3 is 9.73 Å². The van der Waals surface area contributed by atoms with Crippen LogP contribution in [-0.4, -0.2) is 37.7 Å². The van der Waals surface area contributed by atoms with Gasteiger partial charge in [-0.05, 0) is 42.5 Å². The van der Waals surface area contributed by atoms with Gasteiger partial charge in [-0.15, -0.1) is 0 Å². The van der Waals surface area contributed by atoms with Crippen LogP contribution in [0.25, 0.3) is 11.5 Å². The minimum Gasteiger partial charge on any atom is -0.463 e. The highest BCUT2D eigenvalue weighted by atomic mass is 32.2. The van der Waals surface area contributed by atoms with Crippen LogP contribution < -0.4 is 5.32 Å². The zero-order valence-electron chi connectivity index (χ0n) is 14.9. The van der Waals surface area contributed by atoms with E-state index in [0.717, 1.165) is 9.87 Å². The van der Waals surface area contributed by atoms with E-state index in [4.69, 9.17) is 4.42 Å². The zero-order chi connectivity index (χ0) is 19.4. The topological polar surface area (TPSA) is 92.5 Å². The molecular weight excluding hydrogens is 366 g/mol. The molecule has 140 valence electrons. The fourth-order valence-electron chi connectivity index (χ4n) is 2.48. The summed E-state index contributed by atoms with van der Waals surface area (Å²) in [6.45, 7) is 0.264. The van der Waals surface area contributed by atoms with Crippen LogP contribution in [0, 0.1) is 0 Å². The van der Waals surface area contributed by atoms with E-state index >= 15 is 0 Å². The highest BCUT2D eigenvalue weighted by Crippen LogP contribution is 2.21. The lowest BCUT2D eigenvalue weighted by molar-refractivity contribution is 0.0951. The first kappa shape index (κ1) is 18.8. The van der Waals surface area contributed by atoms with Gasteiger partial charge in [-0.3, -0.25) is 9.78 Å². The standard InChI is InChI=1S/C19H19N3O4S/c1-22(2)27(24,25)16-9-7-14(8-10-16)19(23)21-13-15-5-3-11-20-18(15)17-6-4-12-26-17/h3-12H,13H2,1-2H3,(H,21,23). The molecule has 0 bridgehead atoms. The lowest BCUT2D eigenvalue weighted by Gasteiger charge is -2.12. The first-order valence-electron chi connectivity index (χ1n) is 8.18. The lowest BCUT2D eigenvalue weighted by Crippen LogP contribution is -2.24. The average Bonchev–Trinajstić information content (AvgIpc) is 3.21. The number of carbonyl (C=O) groups is 1. The molecule has 2 aromatic heterocycles. The molecule has 0 saturated heterocycles. The molecule has 0 radical (unpaired) electrons. The molecule has 8 heteroatoms. The molecule has 0 aliphatic heterocycles. The Morgan fingerprint density at radius 3 is 2.48 bits per heavy atom. The van der Waals surface area contributed by atoms with E-state index in [1.54, 1.807) is 30.7 Å². The second-order valence-electron chi connectivity index (χ2n) is 5.98. The molecule has 0 spiro atoms. The quantitative estimate of drug-likeness (QED) is 0.704. The Labute approximate surface area is 157 Å². The van der Waals surface area contributed by atoms with Gasteiger partial charge in [-0.1, -0.05) is 6.07 Å². The third-order valence-electron chi connectivity index (χ3n) is 3.98. The van der Waals surface area contributed by atoms with Crippen molar-refractivity contribution >= 4 is 15.9 Å². The summed E-state index contributed by atoms with van der Waals surface area (Å²) < 4.78 is 30.7. The van der Waals surface area contributed by atoms with E-state index < -0.39 is 10.0 Å². The van der Waals surface area contributed by atoms with Crippen molar-refractivity contribution in [2.45, 2.75) is 11.4 Å². The number of sulfonamides is 1. The van der Waals surface area contributed by atoms with Gasteiger partial charge in [0.05, 0.1) is 11.2 Å². The number of nitrogens with one attached hydrogen (secondary N) is 1. The van der Waals surface area contributed by atoms with Gasteiger partial charge in [-0.25, -0.2) is 12.7 Å². The number of amides is 1. The summed E-state index contributed by atoms with van der Waals surface area (Å²) in [4.78, 5) is 16.8. The summed E-state index contributed by atoms with van der Waals surface area (Å²) in [5.74, 6) is 0.316. The van der Waals surface area contributed by atoms with E-state index in [1.807, 2.05) is 6.07 Å². The Morgan fingerprint density at radius 2 is 1.85 bits per heavy atom. The molecule has 1 aromatic carbocycles. The van der Waals surface area contributed by atoms with Gasteiger partial charge in [0.25, 0.3) is 5.91 Å². The summed E-state index contributed by atoms with van der Waals surface area (Å²) in [5.41, 5.74) is 1.85. The number of benzene rings is 1. The minimum atomic E-state index is -3.52. The maximum atomic E-state index is 12.4. The summed E-state index contributed by atoms with van der Waals surface area (Å²) in [7, 11) is -0.605. The second kappa shape index (κ2) is 7.73. The number of furan rings is 1. The third kappa shape index (κ3) is 4.07. The Kier molecular flexibility index (Phi) is 5.38. The van der Waals surface area contributed by atoms with E-state index in [2.05, 4.69) is 10.3 Å². The number of hydrogen-bond donors (Lipinski definition) is 1. The first-order chi connectivity index (χ1) is 12.9. The van der Waals surface area contributed by atoms with Gasteiger partial charge in [0, 0.05) is 38.0 Å². The zero-order valence-corrected chi connectivity index (χ0v) is 15.7. The Morgan fingerprint density at radius 1 is 1.11 bits per heavy atom. The van der Waals surface area contributed by atoms with Crippen molar-refractivity contribution in [1.29, 1.82) is 0 Å². The smallest absolute Gasteiger partial charge is 0.251 e. The van der Waals surface area contributed by atoms with E-state index in [1.165, 1.54) is 38.4 Å². The van der Waals surface area contributed by atoms with Crippen molar-refractivity contribution in [3.05, 3.63) is 72.1 Å². The van der Waals surface area contributed by atoms with Gasteiger partial charge in [0.1, 0.15) is 5.69 Å².